The summed E-state index contributed by atoms with van der Waals surface area (Å²) < 4.78 is 11.6. The Labute approximate surface area is 204 Å². The number of amides is 3. The van der Waals surface area contributed by atoms with Crippen LogP contribution in [-0.4, -0.2) is 64.3 Å². The molecule has 1 saturated heterocycles. The van der Waals surface area contributed by atoms with Crippen molar-refractivity contribution in [1.82, 2.24) is 14.8 Å². The molecular weight excluding hydrogens is 448 g/mol. The second-order valence-corrected chi connectivity index (χ2v) is 9.45. The Balaban J connectivity index is 1.19. The summed E-state index contributed by atoms with van der Waals surface area (Å²) in [6.07, 6.45) is 3.15. The van der Waals surface area contributed by atoms with Gasteiger partial charge in [-0.1, -0.05) is 30.3 Å². The van der Waals surface area contributed by atoms with Crippen molar-refractivity contribution < 1.29 is 23.9 Å². The van der Waals surface area contributed by atoms with Gasteiger partial charge in [0, 0.05) is 24.6 Å². The minimum Gasteiger partial charge on any atom is -0.474 e. The van der Waals surface area contributed by atoms with Crippen LogP contribution in [0, 0.1) is 0 Å². The zero-order valence-corrected chi connectivity index (χ0v) is 19.7. The van der Waals surface area contributed by atoms with E-state index in [2.05, 4.69) is 4.98 Å². The first-order valence-corrected chi connectivity index (χ1v) is 12.2. The minimum absolute atomic E-state index is 0.127. The second kappa shape index (κ2) is 10.1. The molecule has 3 aliphatic rings. The Hall–Kier alpha value is -3.30. The summed E-state index contributed by atoms with van der Waals surface area (Å²) in [4.78, 5) is 45.7. The molecule has 2 aromatic rings. The number of nitrogens with zero attached hydrogens (tertiary/aromatic N) is 3. The molecule has 1 aromatic carbocycles. The first-order chi connectivity index (χ1) is 17.0. The van der Waals surface area contributed by atoms with E-state index in [0.29, 0.717) is 51.9 Å². The van der Waals surface area contributed by atoms with Crippen LogP contribution in [0.2, 0.25) is 0 Å². The first-order valence-electron chi connectivity index (χ1n) is 12.2. The quantitative estimate of drug-likeness (QED) is 0.630. The zero-order valence-electron chi connectivity index (χ0n) is 19.7. The molecule has 0 unspecified atom stereocenters. The van der Waals surface area contributed by atoms with Gasteiger partial charge in [-0.15, -0.1) is 0 Å². The van der Waals surface area contributed by atoms with Gasteiger partial charge in [-0.25, -0.2) is 4.98 Å². The molecule has 2 N–H and O–H groups in total. The van der Waals surface area contributed by atoms with Gasteiger partial charge >= 0.3 is 0 Å². The van der Waals surface area contributed by atoms with Crippen LogP contribution in [0.4, 0.5) is 0 Å². The minimum atomic E-state index is -0.584. The molecule has 3 amide bonds. The Kier molecular flexibility index (Phi) is 6.79. The number of rotatable bonds is 6. The second-order valence-electron chi connectivity index (χ2n) is 9.45. The van der Waals surface area contributed by atoms with Crippen molar-refractivity contribution in [1.29, 1.82) is 0 Å². The van der Waals surface area contributed by atoms with Crippen LogP contribution in [0.5, 0.6) is 5.88 Å². The van der Waals surface area contributed by atoms with Gasteiger partial charge in [-0.3, -0.25) is 24.2 Å². The van der Waals surface area contributed by atoms with Crippen molar-refractivity contribution in [3.63, 3.8) is 0 Å². The Bertz CT molecular complexity index is 1100. The van der Waals surface area contributed by atoms with Crippen LogP contribution in [0.3, 0.4) is 0 Å². The first kappa shape index (κ1) is 23.4. The molecule has 1 aliphatic carbocycles. The molecule has 0 spiro atoms. The van der Waals surface area contributed by atoms with Crippen LogP contribution in [-0.2, 0) is 33.9 Å². The average Bonchev–Trinajstić information content (AvgIpc) is 2.85. The fraction of sp³-hybridized carbons (Fsp3) is 0.462. The Morgan fingerprint density at radius 3 is 2.49 bits per heavy atom. The number of ether oxygens (including phenoxy) is 2. The summed E-state index contributed by atoms with van der Waals surface area (Å²) in [6.45, 7) is 2.05. The van der Waals surface area contributed by atoms with E-state index in [1.807, 2.05) is 35.2 Å². The summed E-state index contributed by atoms with van der Waals surface area (Å²) in [7, 11) is 0. The van der Waals surface area contributed by atoms with Gasteiger partial charge in [0.05, 0.1) is 32.0 Å². The van der Waals surface area contributed by atoms with Crippen LogP contribution in [0.15, 0.2) is 36.4 Å². The average molecular weight is 479 g/mol. The third-order valence-electron chi connectivity index (χ3n) is 6.95. The lowest BCUT2D eigenvalue weighted by Gasteiger charge is -2.40. The van der Waals surface area contributed by atoms with Crippen molar-refractivity contribution in [3.8, 4) is 5.88 Å². The van der Waals surface area contributed by atoms with Gasteiger partial charge in [0.2, 0.25) is 17.7 Å². The van der Waals surface area contributed by atoms with Crippen LogP contribution in [0.25, 0.3) is 0 Å². The van der Waals surface area contributed by atoms with E-state index in [4.69, 9.17) is 15.2 Å². The van der Waals surface area contributed by atoms with Crippen LogP contribution < -0.4 is 10.5 Å². The van der Waals surface area contributed by atoms with Gasteiger partial charge in [-0.2, -0.15) is 0 Å². The SMILES string of the molecule is NC(=O)c1cc2c(nc1O[C@H]1CC[C@H](N3C(=O)CN(Cc4ccccc4)CC3=O)CC1)CCOC2. The van der Waals surface area contributed by atoms with Crippen molar-refractivity contribution in [2.45, 2.75) is 57.4 Å². The van der Waals surface area contributed by atoms with E-state index in [1.54, 1.807) is 6.07 Å². The normalized spacial score (nSPS) is 23.1. The summed E-state index contributed by atoms with van der Waals surface area (Å²) in [5, 5.41) is 0. The number of imide groups is 1. The van der Waals surface area contributed by atoms with Gasteiger partial charge in [0.25, 0.3) is 5.91 Å². The maximum atomic E-state index is 12.9. The standard InChI is InChI=1S/C26H30N4O5/c27-25(33)21-12-18-16-34-11-10-22(18)28-26(21)35-20-8-6-19(7-9-20)30-23(31)14-29(15-24(30)32)13-17-4-2-1-3-5-17/h1-5,12,19-20H,6-11,13-16H2,(H2,27,33)/t19-,20-. The highest BCUT2D eigenvalue weighted by Crippen LogP contribution is 2.30. The number of benzene rings is 1. The third-order valence-corrected chi connectivity index (χ3v) is 6.95. The Morgan fingerprint density at radius 1 is 1.09 bits per heavy atom. The lowest BCUT2D eigenvalue weighted by Crippen LogP contribution is -2.57. The van der Waals surface area contributed by atoms with Crippen molar-refractivity contribution in [2.75, 3.05) is 19.7 Å². The van der Waals surface area contributed by atoms with Crippen molar-refractivity contribution >= 4 is 17.7 Å². The van der Waals surface area contributed by atoms with Crippen molar-refractivity contribution in [3.05, 3.63) is 58.8 Å². The highest BCUT2D eigenvalue weighted by Gasteiger charge is 2.38. The van der Waals surface area contributed by atoms with Crippen molar-refractivity contribution in [2.24, 2.45) is 5.73 Å². The number of piperazine rings is 1. The molecule has 0 bridgehead atoms. The molecule has 2 aliphatic heterocycles. The predicted octanol–water partition coefficient (Wildman–Crippen LogP) is 1.81. The van der Waals surface area contributed by atoms with E-state index in [0.717, 1.165) is 16.8 Å². The molecule has 2 fully saturated rings. The smallest absolute Gasteiger partial charge is 0.254 e. The number of hydrogen-bond acceptors (Lipinski definition) is 7. The largest absolute Gasteiger partial charge is 0.474 e. The molecule has 1 aromatic heterocycles. The summed E-state index contributed by atoms with van der Waals surface area (Å²) in [5.41, 5.74) is 8.65. The molecule has 9 heteroatoms. The number of carbonyl (C=O) groups is 3. The number of pyridine rings is 1. The molecule has 184 valence electrons. The maximum absolute atomic E-state index is 12.9. The molecule has 0 atom stereocenters. The molecule has 3 heterocycles. The molecule has 0 radical (unpaired) electrons. The molecular formula is C26H30N4O5. The summed E-state index contributed by atoms with van der Waals surface area (Å²) >= 11 is 0. The van der Waals surface area contributed by atoms with Gasteiger partial charge in [0.15, 0.2) is 0 Å². The lowest BCUT2D eigenvalue weighted by atomic mass is 9.91. The van der Waals surface area contributed by atoms with Crippen LogP contribution >= 0.6 is 0 Å². The predicted molar refractivity (Wildman–Crippen MR) is 126 cm³/mol. The summed E-state index contributed by atoms with van der Waals surface area (Å²) in [6, 6.07) is 11.4. The third kappa shape index (κ3) is 5.21. The topological polar surface area (TPSA) is 115 Å². The number of carbonyl (C=O) groups excluding carboxylic acids is 3. The van der Waals surface area contributed by atoms with Crippen LogP contribution in [0.1, 0.15) is 52.9 Å². The highest BCUT2D eigenvalue weighted by atomic mass is 16.5. The number of primary amides is 1. The Morgan fingerprint density at radius 2 is 1.80 bits per heavy atom. The number of fused-ring (bicyclic) bond motifs is 1. The van der Waals surface area contributed by atoms with E-state index in [-0.39, 0.29) is 48.5 Å². The number of hydrogen-bond donors (Lipinski definition) is 1. The zero-order chi connectivity index (χ0) is 24.4. The lowest BCUT2D eigenvalue weighted by molar-refractivity contribution is -0.155. The van der Waals surface area contributed by atoms with E-state index < -0.39 is 5.91 Å². The van der Waals surface area contributed by atoms with Gasteiger partial charge in [0.1, 0.15) is 11.7 Å². The molecule has 35 heavy (non-hydrogen) atoms. The fourth-order valence-corrected chi connectivity index (χ4v) is 5.20. The van der Waals surface area contributed by atoms with E-state index in [1.165, 1.54) is 4.90 Å². The molecule has 1 saturated carbocycles. The molecule has 5 rings (SSSR count). The number of nitrogens with two attached hydrogens (primary N) is 1. The van der Waals surface area contributed by atoms with Gasteiger partial charge < -0.3 is 15.2 Å². The van der Waals surface area contributed by atoms with Gasteiger partial charge in [-0.05, 0) is 37.3 Å². The highest BCUT2D eigenvalue weighted by molar-refractivity contribution is 5.99. The monoisotopic (exact) mass is 478 g/mol. The number of aromatic nitrogens is 1. The molecule has 9 nitrogen and oxygen atoms in total. The fourth-order valence-electron chi connectivity index (χ4n) is 5.20. The summed E-state index contributed by atoms with van der Waals surface area (Å²) in [5.74, 6) is -0.602. The maximum Gasteiger partial charge on any atom is 0.254 e. The van der Waals surface area contributed by atoms with E-state index >= 15 is 0 Å². The van der Waals surface area contributed by atoms with E-state index in [9.17, 15) is 14.4 Å².